The summed E-state index contributed by atoms with van der Waals surface area (Å²) in [4.78, 5) is 39.5. The number of halogens is 2. The Labute approximate surface area is 252 Å². The summed E-state index contributed by atoms with van der Waals surface area (Å²) in [6.45, 7) is 2.44. The predicted molar refractivity (Wildman–Crippen MR) is 166 cm³/mol. The molecule has 0 aliphatic heterocycles. The van der Waals surface area contributed by atoms with Crippen LogP contribution in [0.4, 0.5) is 5.69 Å². The first-order chi connectivity index (χ1) is 19.8. The van der Waals surface area contributed by atoms with E-state index in [4.69, 9.17) is 27.9 Å². The van der Waals surface area contributed by atoms with E-state index in [-0.39, 0.29) is 17.2 Å². The van der Waals surface area contributed by atoms with Gasteiger partial charge < -0.3 is 15.4 Å². The standard InChI is InChI=1S/C32H26Cl2N2O4S/c1-2-40-25-13-8-21(9-14-25)18-29(36-31(38)22-6-4-3-5-7-22)32(39)35-24-11-15-26(16-12-24)41-20-30(37)27-17-10-23(33)19-28(27)34/h3-19H,2,20H2,1H3,(H,35,39)(H,36,38)/b29-18-. The second-order valence-corrected chi connectivity index (χ2v) is 10.6. The molecule has 2 amide bonds. The molecule has 2 N–H and O–H groups in total. The fraction of sp³-hybridized carbons (Fsp3) is 0.0938. The van der Waals surface area contributed by atoms with Gasteiger partial charge in [0.1, 0.15) is 11.4 Å². The molecule has 0 radical (unpaired) electrons. The Morgan fingerprint density at radius 1 is 0.878 bits per heavy atom. The Bertz CT molecular complexity index is 1560. The molecular formula is C32H26Cl2N2O4S. The second-order valence-electron chi connectivity index (χ2n) is 8.69. The third-order valence-corrected chi connectivity index (χ3v) is 7.30. The normalized spacial score (nSPS) is 11.0. The van der Waals surface area contributed by atoms with Crippen LogP contribution in [0, 0.1) is 0 Å². The molecule has 41 heavy (non-hydrogen) atoms. The number of Topliss-reactive ketones (excluding diaryl/α,β-unsaturated/α-hetero) is 1. The predicted octanol–water partition coefficient (Wildman–Crippen LogP) is 7.78. The summed E-state index contributed by atoms with van der Waals surface area (Å²) in [5.41, 5.74) is 2.15. The molecule has 0 aliphatic carbocycles. The zero-order valence-electron chi connectivity index (χ0n) is 22.0. The third-order valence-electron chi connectivity index (χ3n) is 5.74. The molecular weight excluding hydrogens is 579 g/mol. The molecule has 0 bridgehead atoms. The van der Waals surface area contributed by atoms with Crippen LogP contribution in [0.2, 0.25) is 10.0 Å². The minimum atomic E-state index is -0.490. The van der Waals surface area contributed by atoms with Crippen molar-refractivity contribution in [2.75, 3.05) is 17.7 Å². The zero-order chi connectivity index (χ0) is 29.2. The van der Waals surface area contributed by atoms with E-state index < -0.39 is 11.8 Å². The van der Waals surface area contributed by atoms with Crippen LogP contribution in [-0.4, -0.2) is 30.0 Å². The van der Waals surface area contributed by atoms with Crippen molar-refractivity contribution in [1.29, 1.82) is 0 Å². The number of carbonyl (C=O) groups excluding carboxylic acids is 3. The van der Waals surface area contributed by atoms with Crippen LogP contribution >= 0.6 is 35.0 Å². The molecule has 9 heteroatoms. The van der Waals surface area contributed by atoms with E-state index in [0.29, 0.717) is 44.8 Å². The molecule has 4 aromatic rings. The minimum Gasteiger partial charge on any atom is -0.494 e. The van der Waals surface area contributed by atoms with Gasteiger partial charge in [-0.15, -0.1) is 11.8 Å². The van der Waals surface area contributed by atoms with Crippen molar-refractivity contribution in [2.45, 2.75) is 11.8 Å². The number of carbonyl (C=O) groups is 3. The topological polar surface area (TPSA) is 84.5 Å². The summed E-state index contributed by atoms with van der Waals surface area (Å²) in [6, 6.07) is 27.7. The lowest BCUT2D eigenvalue weighted by Crippen LogP contribution is -2.30. The number of hydrogen-bond donors (Lipinski definition) is 2. The molecule has 0 saturated carbocycles. The SMILES string of the molecule is CCOc1ccc(/C=C(\NC(=O)c2ccccc2)C(=O)Nc2ccc(SCC(=O)c3ccc(Cl)cc3Cl)cc2)cc1. The van der Waals surface area contributed by atoms with Crippen LogP contribution in [0.1, 0.15) is 33.2 Å². The highest BCUT2D eigenvalue weighted by Gasteiger charge is 2.16. The van der Waals surface area contributed by atoms with Crippen LogP contribution in [0.5, 0.6) is 5.75 Å². The van der Waals surface area contributed by atoms with E-state index in [0.717, 1.165) is 4.90 Å². The van der Waals surface area contributed by atoms with Crippen molar-refractivity contribution in [3.8, 4) is 5.75 Å². The maximum atomic E-state index is 13.3. The quantitative estimate of drug-likeness (QED) is 0.104. The van der Waals surface area contributed by atoms with Crippen LogP contribution in [0.15, 0.2) is 108 Å². The van der Waals surface area contributed by atoms with Gasteiger partial charge in [-0.25, -0.2) is 0 Å². The van der Waals surface area contributed by atoms with Gasteiger partial charge in [-0.2, -0.15) is 0 Å². The number of ether oxygens (including phenoxy) is 1. The molecule has 0 aliphatic rings. The molecule has 0 unspecified atom stereocenters. The first kappa shape index (κ1) is 29.9. The number of benzene rings is 4. The van der Waals surface area contributed by atoms with Gasteiger partial charge in [-0.05, 0) is 85.3 Å². The lowest BCUT2D eigenvalue weighted by atomic mass is 10.1. The van der Waals surface area contributed by atoms with Gasteiger partial charge in [-0.1, -0.05) is 53.5 Å². The smallest absolute Gasteiger partial charge is 0.272 e. The van der Waals surface area contributed by atoms with Crippen molar-refractivity contribution < 1.29 is 19.1 Å². The molecule has 4 rings (SSSR count). The molecule has 0 atom stereocenters. The molecule has 0 aromatic heterocycles. The Kier molecular flexibility index (Phi) is 10.6. The summed E-state index contributed by atoms with van der Waals surface area (Å²) in [5.74, 6) is -0.119. The van der Waals surface area contributed by atoms with Crippen LogP contribution in [0.25, 0.3) is 6.08 Å². The highest BCUT2D eigenvalue weighted by atomic mass is 35.5. The van der Waals surface area contributed by atoms with Gasteiger partial charge in [0.15, 0.2) is 5.78 Å². The van der Waals surface area contributed by atoms with E-state index in [1.54, 1.807) is 97.1 Å². The van der Waals surface area contributed by atoms with Gasteiger partial charge in [0.2, 0.25) is 0 Å². The Hall–Kier alpha value is -4.04. The average molecular weight is 606 g/mol. The number of rotatable bonds is 11. The van der Waals surface area contributed by atoms with Gasteiger partial charge in [0.05, 0.1) is 17.4 Å². The van der Waals surface area contributed by atoms with Gasteiger partial charge in [-0.3, -0.25) is 14.4 Å². The second kappa shape index (κ2) is 14.6. The van der Waals surface area contributed by atoms with E-state index in [1.165, 1.54) is 11.8 Å². The lowest BCUT2D eigenvalue weighted by Gasteiger charge is -2.12. The largest absolute Gasteiger partial charge is 0.494 e. The Balaban J connectivity index is 1.45. The summed E-state index contributed by atoms with van der Waals surface area (Å²) in [6.07, 6.45) is 1.60. The van der Waals surface area contributed by atoms with Crippen LogP contribution in [-0.2, 0) is 4.79 Å². The molecule has 6 nitrogen and oxygen atoms in total. The van der Waals surface area contributed by atoms with E-state index >= 15 is 0 Å². The molecule has 0 spiro atoms. The first-order valence-corrected chi connectivity index (χ1v) is 14.4. The number of amides is 2. The Morgan fingerprint density at radius 3 is 2.24 bits per heavy atom. The fourth-order valence-corrected chi connectivity index (χ4v) is 5.01. The minimum absolute atomic E-state index is 0.0758. The molecule has 0 fully saturated rings. The number of thioether (sulfide) groups is 1. The van der Waals surface area contributed by atoms with Crippen molar-refractivity contribution in [3.63, 3.8) is 0 Å². The molecule has 0 saturated heterocycles. The molecule has 0 heterocycles. The van der Waals surface area contributed by atoms with Crippen LogP contribution < -0.4 is 15.4 Å². The third kappa shape index (κ3) is 8.72. The number of nitrogens with one attached hydrogen (secondary N) is 2. The zero-order valence-corrected chi connectivity index (χ0v) is 24.4. The van der Waals surface area contributed by atoms with Crippen molar-refractivity contribution in [2.24, 2.45) is 0 Å². The van der Waals surface area contributed by atoms with E-state index in [9.17, 15) is 14.4 Å². The monoisotopic (exact) mass is 604 g/mol. The average Bonchev–Trinajstić information content (AvgIpc) is 2.98. The first-order valence-electron chi connectivity index (χ1n) is 12.7. The van der Waals surface area contributed by atoms with Gasteiger partial charge in [0.25, 0.3) is 11.8 Å². The molecule has 4 aromatic carbocycles. The molecule has 208 valence electrons. The highest BCUT2D eigenvalue weighted by molar-refractivity contribution is 8.00. The van der Waals surface area contributed by atoms with Crippen molar-refractivity contribution in [3.05, 3.63) is 129 Å². The summed E-state index contributed by atoms with van der Waals surface area (Å²) in [5, 5.41) is 6.34. The van der Waals surface area contributed by atoms with Crippen LogP contribution in [0.3, 0.4) is 0 Å². The van der Waals surface area contributed by atoms with Gasteiger partial charge >= 0.3 is 0 Å². The van der Waals surface area contributed by atoms with E-state index in [1.807, 2.05) is 13.0 Å². The van der Waals surface area contributed by atoms with E-state index in [2.05, 4.69) is 10.6 Å². The van der Waals surface area contributed by atoms with Crippen molar-refractivity contribution >= 4 is 64.3 Å². The number of anilines is 1. The maximum Gasteiger partial charge on any atom is 0.272 e. The highest BCUT2D eigenvalue weighted by Crippen LogP contribution is 2.26. The number of ketones is 1. The van der Waals surface area contributed by atoms with Gasteiger partial charge in [0, 0.05) is 26.7 Å². The van der Waals surface area contributed by atoms with Crippen molar-refractivity contribution in [1.82, 2.24) is 5.32 Å². The maximum absolute atomic E-state index is 13.3. The Morgan fingerprint density at radius 2 is 1.59 bits per heavy atom. The summed E-state index contributed by atoms with van der Waals surface area (Å²) < 4.78 is 5.49. The fourth-order valence-electron chi connectivity index (χ4n) is 3.71. The lowest BCUT2D eigenvalue weighted by molar-refractivity contribution is -0.113. The summed E-state index contributed by atoms with van der Waals surface area (Å²) in [7, 11) is 0. The summed E-state index contributed by atoms with van der Waals surface area (Å²) >= 11 is 13.4. The number of hydrogen-bond acceptors (Lipinski definition) is 5.